The highest BCUT2D eigenvalue weighted by atomic mass is 32.2. The molecule has 0 spiro atoms. The Morgan fingerprint density at radius 1 is 1.18 bits per heavy atom. The van der Waals surface area contributed by atoms with Crippen LogP contribution in [0.2, 0.25) is 0 Å². The Morgan fingerprint density at radius 3 is 2.41 bits per heavy atom. The molecule has 0 aromatic heterocycles. The normalized spacial score (nSPS) is 17.0. The lowest BCUT2D eigenvalue weighted by molar-refractivity contribution is 0.0988. The van der Waals surface area contributed by atoms with Crippen LogP contribution in [0.5, 0.6) is 0 Å². The highest BCUT2D eigenvalue weighted by Gasteiger charge is 2.14. The Hall–Kier alpha value is -0.760. The van der Waals surface area contributed by atoms with Crippen LogP contribution in [-0.2, 0) is 0 Å². The molecule has 1 saturated carbocycles. The lowest BCUT2D eigenvalue weighted by Crippen LogP contribution is -2.07. The van der Waals surface area contributed by atoms with Crippen LogP contribution >= 0.6 is 11.8 Å². The van der Waals surface area contributed by atoms with Crippen molar-refractivity contribution in [3.63, 3.8) is 0 Å². The van der Waals surface area contributed by atoms with Crippen molar-refractivity contribution in [1.82, 2.24) is 0 Å². The van der Waals surface area contributed by atoms with Crippen LogP contribution in [0, 0.1) is 0 Å². The molecule has 0 amide bonds. The monoisotopic (exact) mass is 248 g/mol. The van der Waals surface area contributed by atoms with Crippen molar-refractivity contribution in [2.45, 2.75) is 55.6 Å². The first kappa shape index (κ1) is 12.7. The van der Waals surface area contributed by atoms with Crippen molar-refractivity contribution in [1.29, 1.82) is 0 Å². The number of carbonyl (C=O) groups excluding carboxylic acids is 1. The van der Waals surface area contributed by atoms with Gasteiger partial charge in [0.15, 0.2) is 5.78 Å². The molecule has 2 heteroatoms. The standard InChI is InChI=1S/C15H20OS/c1-2-15(16)12-8-10-14(11-9-12)17-13-6-4-3-5-7-13/h8-11,13H,2-7H2,1H3. The Kier molecular flexibility index (Phi) is 4.66. The van der Waals surface area contributed by atoms with Gasteiger partial charge in [-0.1, -0.05) is 38.3 Å². The third kappa shape index (κ3) is 3.60. The Labute approximate surface area is 108 Å². The lowest BCUT2D eigenvalue weighted by Gasteiger charge is -2.20. The summed E-state index contributed by atoms with van der Waals surface area (Å²) in [5, 5.41) is 0.788. The van der Waals surface area contributed by atoms with Crippen molar-refractivity contribution in [2.75, 3.05) is 0 Å². The average molecular weight is 248 g/mol. The molecule has 2 rings (SSSR count). The molecule has 0 N–H and O–H groups in total. The van der Waals surface area contributed by atoms with Crippen LogP contribution in [0.1, 0.15) is 55.8 Å². The van der Waals surface area contributed by atoms with Crippen molar-refractivity contribution in [3.05, 3.63) is 29.8 Å². The Morgan fingerprint density at radius 2 is 1.82 bits per heavy atom. The van der Waals surface area contributed by atoms with Crippen LogP contribution < -0.4 is 0 Å². The minimum Gasteiger partial charge on any atom is -0.294 e. The van der Waals surface area contributed by atoms with E-state index in [-0.39, 0.29) is 5.78 Å². The maximum atomic E-state index is 11.5. The van der Waals surface area contributed by atoms with Gasteiger partial charge in [-0.2, -0.15) is 0 Å². The van der Waals surface area contributed by atoms with Gasteiger partial charge >= 0.3 is 0 Å². The van der Waals surface area contributed by atoms with Gasteiger partial charge < -0.3 is 0 Å². The molecule has 1 aromatic carbocycles. The quantitative estimate of drug-likeness (QED) is 0.718. The van der Waals surface area contributed by atoms with Gasteiger partial charge in [-0.25, -0.2) is 0 Å². The van der Waals surface area contributed by atoms with Crippen molar-refractivity contribution >= 4 is 17.5 Å². The first-order valence-corrected chi connectivity index (χ1v) is 7.47. The second kappa shape index (κ2) is 6.25. The van der Waals surface area contributed by atoms with Crippen molar-refractivity contribution in [2.24, 2.45) is 0 Å². The van der Waals surface area contributed by atoms with Gasteiger partial charge in [0.2, 0.25) is 0 Å². The van der Waals surface area contributed by atoms with Crippen molar-refractivity contribution < 1.29 is 4.79 Å². The number of thioether (sulfide) groups is 1. The lowest BCUT2D eigenvalue weighted by atomic mass is 10.0. The third-order valence-corrected chi connectivity index (χ3v) is 4.70. The molecule has 1 nitrogen and oxygen atoms in total. The summed E-state index contributed by atoms with van der Waals surface area (Å²) in [7, 11) is 0. The minimum atomic E-state index is 0.235. The topological polar surface area (TPSA) is 17.1 Å². The summed E-state index contributed by atoms with van der Waals surface area (Å²) in [5.41, 5.74) is 0.848. The van der Waals surface area contributed by atoms with Gasteiger partial charge in [-0.3, -0.25) is 4.79 Å². The van der Waals surface area contributed by atoms with E-state index in [9.17, 15) is 4.79 Å². The molecule has 92 valence electrons. The highest BCUT2D eigenvalue weighted by molar-refractivity contribution is 8.00. The van der Waals surface area contributed by atoms with Gasteiger partial charge in [0, 0.05) is 22.1 Å². The van der Waals surface area contributed by atoms with Gasteiger partial charge in [-0.15, -0.1) is 11.8 Å². The zero-order valence-electron chi connectivity index (χ0n) is 10.4. The summed E-state index contributed by atoms with van der Waals surface area (Å²) in [6, 6.07) is 8.14. The molecule has 0 saturated heterocycles. The van der Waals surface area contributed by atoms with Gasteiger partial charge in [-0.05, 0) is 25.0 Å². The molecule has 0 unspecified atom stereocenters. The van der Waals surface area contributed by atoms with Crippen LogP contribution in [0.3, 0.4) is 0 Å². The molecule has 1 aliphatic rings. The largest absolute Gasteiger partial charge is 0.294 e. The number of hydrogen-bond donors (Lipinski definition) is 0. The molecule has 0 bridgehead atoms. The van der Waals surface area contributed by atoms with E-state index in [1.165, 1.54) is 37.0 Å². The van der Waals surface area contributed by atoms with E-state index in [2.05, 4.69) is 12.1 Å². The summed E-state index contributed by atoms with van der Waals surface area (Å²) in [6.45, 7) is 1.91. The van der Waals surface area contributed by atoms with Crippen LogP contribution in [0.25, 0.3) is 0 Å². The van der Waals surface area contributed by atoms with E-state index in [0.717, 1.165) is 10.8 Å². The van der Waals surface area contributed by atoms with Crippen LogP contribution in [0.15, 0.2) is 29.2 Å². The molecule has 0 heterocycles. The maximum Gasteiger partial charge on any atom is 0.162 e. The van der Waals surface area contributed by atoms with Gasteiger partial charge in [0.1, 0.15) is 0 Å². The number of rotatable bonds is 4. The second-order valence-electron chi connectivity index (χ2n) is 4.68. The highest BCUT2D eigenvalue weighted by Crippen LogP contribution is 2.33. The molecule has 0 radical (unpaired) electrons. The van der Waals surface area contributed by atoms with E-state index in [0.29, 0.717) is 6.42 Å². The Bertz CT molecular complexity index is 363. The fourth-order valence-corrected chi connectivity index (χ4v) is 3.55. The first-order chi connectivity index (χ1) is 8.29. The SMILES string of the molecule is CCC(=O)c1ccc(SC2CCCCC2)cc1. The number of ketones is 1. The molecule has 1 aliphatic carbocycles. The summed E-state index contributed by atoms with van der Waals surface area (Å²) in [5.74, 6) is 0.235. The minimum absolute atomic E-state index is 0.235. The van der Waals surface area contributed by atoms with Crippen molar-refractivity contribution in [3.8, 4) is 0 Å². The fraction of sp³-hybridized carbons (Fsp3) is 0.533. The van der Waals surface area contributed by atoms with Gasteiger partial charge in [0.05, 0.1) is 0 Å². The fourth-order valence-electron chi connectivity index (χ4n) is 2.30. The molecule has 0 aliphatic heterocycles. The summed E-state index contributed by atoms with van der Waals surface area (Å²) in [6.07, 6.45) is 7.45. The van der Waals surface area contributed by atoms with E-state index >= 15 is 0 Å². The third-order valence-electron chi connectivity index (χ3n) is 3.35. The number of Topliss-reactive ketones (excluding diaryl/α,β-unsaturated/α-hetero) is 1. The zero-order chi connectivity index (χ0) is 12.1. The van der Waals surface area contributed by atoms with E-state index in [4.69, 9.17) is 0 Å². The average Bonchev–Trinajstić information content (AvgIpc) is 2.40. The molecular weight excluding hydrogens is 228 g/mol. The Balaban J connectivity index is 1.95. The molecular formula is C15H20OS. The van der Waals surface area contributed by atoms with Gasteiger partial charge in [0.25, 0.3) is 0 Å². The predicted octanol–water partition coefficient (Wildman–Crippen LogP) is 4.70. The second-order valence-corrected chi connectivity index (χ2v) is 6.05. The zero-order valence-corrected chi connectivity index (χ0v) is 11.3. The summed E-state index contributed by atoms with van der Waals surface area (Å²) >= 11 is 1.98. The molecule has 17 heavy (non-hydrogen) atoms. The number of benzene rings is 1. The maximum absolute atomic E-state index is 11.5. The molecule has 1 fully saturated rings. The van der Waals surface area contributed by atoms with Crippen LogP contribution in [0.4, 0.5) is 0 Å². The number of carbonyl (C=O) groups is 1. The van der Waals surface area contributed by atoms with Crippen LogP contribution in [-0.4, -0.2) is 11.0 Å². The predicted molar refractivity (Wildman–Crippen MR) is 73.8 cm³/mol. The molecule has 0 atom stereocenters. The van der Waals surface area contributed by atoms with E-state index < -0.39 is 0 Å². The smallest absolute Gasteiger partial charge is 0.162 e. The number of hydrogen-bond acceptors (Lipinski definition) is 2. The summed E-state index contributed by atoms with van der Waals surface area (Å²) in [4.78, 5) is 12.8. The van der Waals surface area contributed by atoms with E-state index in [1.807, 2.05) is 30.8 Å². The molecule has 1 aromatic rings. The van der Waals surface area contributed by atoms with E-state index in [1.54, 1.807) is 0 Å². The first-order valence-electron chi connectivity index (χ1n) is 6.59. The summed E-state index contributed by atoms with van der Waals surface area (Å²) < 4.78 is 0.